The zero-order chi connectivity index (χ0) is 20.1. The molecule has 2 heterocycles. The molecule has 1 aliphatic carbocycles. The Morgan fingerprint density at radius 1 is 1.29 bits per heavy atom. The maximum absolute atomic E-state index is 12.2. The number of hydrogen-bond donors (Lipinski definition) is 0. The van der Waals surface area contributed by atoms with Crippen molar-refractivity contribution in [2.45, 2.75) is 64.1 Å². The van der Waals surface area contributed by atoms with Crippen LogP contribution < -0.4 is 0 Å². The summed E-state index contributed by atoms with van der Waals surface area (Å²) in [5, 5.41) is 0. The van der Waals surface area contributed by atoms with Crippen LogP contribution in [-0.2, 0) is 16.1 Å². The molecule has 156 valence electrons. The summed E-state index contributed by atoms with van der Waals surface area (Å²) in [6.45, 7) is 10.9. The van der Waals surface area contributed by atoms with E-state index in [0.717, 1.165) is 55.8 Å². The van der Waals surface area contributed by atoms with Gasteiger partial charge in [-0.1, -0.05) is 6.92 Å². The lowest BCUT2D eigenvalue weighted by molar-refractivity contribution is 0.0170. The monoisotopic (exact) mass is 406 g/mol. The molecule has 2 fully saturated rings. The molecule has 2 atom stereocenters. The average molecular weight is 407 g/mol. The van der Waals surface area contributed by atoms with Crippen molar-refractivity contribution < 1.29 is 14.3 Å². The van der Waals surface area contributed by atoms with E-state index < -0.39 is 5.60 Å². The van der Waals surface area contributed by atoms with Crippen molar-refractivity contribution in [1.29, 1.82) is 0 Å². The third-order valence-electron chi connectivity index (χ3n) is 5.46. The molecule has 0 N–H and O–H groups in total. The lowest BCUT2D eigenvalue weighted by Gasteiger charge is -2.33. The summed E-state index contributed by atoms with van der Waals surface area (Å²) in [6.07, 6.45) is 5.19. The number of amides is 1. The zero-order valence-corrected chi connectivity index (χ0v) is 18.5. The van der Waals surface area contributed by atoms with Crippen LogP contribution in [0.3, 0.4) is 0 Å². The third kappa shape index (κ3) is 6.38. The molecule has 1 saturated heterocycles. The topological polar surface area (TPSA) is 51.7 Å². The minimum absolute atomic E-state index is 0.169. The Morgan fingerprint density at radius 2 is 2.04 bits per heavy atom. The van der Waals surface area contributed by atoms with E-state index in [9.17, 15) is 4.79 Å². The minimum Gasteiger partial charge on any atom is -0.444 e. The summed E-state index contributed by atoms with van der Waals surface area (Å²) in [5.41, 5.74) is 0.583. The van der Waals surface area contributed by atoms with Gasteiger partial charge in [-0.2, -0.15) is 0 Å². The molecule has 1 aromatic heterocycles. The summed E-state index contributed by atoms with van der Waals surface area (Å²) in [4.78, 5) is 19.7. The standard InChI is InChI=1S/C22H34N2O3S/c1-5-28-19-7-6-18(23-13-19)15-26-14-17-12-20(17)16-8-10-24(11-9-16)21(25)27-22(2,3)4/h6-7,13,16-17,20H,5,8-12,14-15H2,1-4H3. The van der Waals surface area contributed by atoms with E-state index in [2.05, 4.69) is 24.0 Å². The van der Waals surface area contributed by atoms with Crippen LogP contribution in [0.15, 0.2) is 23.2 Å². The Hall–Kier alpha value is -1.27. The molecule has 1 aromatic rings. The van der Waals surface area contributed by atoms with E-state index in [1.165, 1.54) is 11.3 Å². The number of carbonyl (C=O) groups is 1. The first-order valence-corrected chi connectivity index (χ1v) is 11.5. The van der Waals surface area contributed by atoms with Crippen LogP contribution in [0.2, 0.25) is 0 Å². The molecule has 5 nitrogen and oxygen atoms in total. The number of likely N-dealkylation sites (tertiary alicyclic amines) is 1. The second kappa shape index (κ2) is 9.49. The lowest BCUT2D eigenvalue weighted by Crippen LogP contribution is -2.42. The Kier molecular flexibility index (Phi) is 7.26. The maximum atomic E-state index is 12.2. The molecular formula is C22H34N2O3S. The van der Waals surface area contributed by atoms with Crippen LogP contribution in [0.5, 0.6) is 0 Å². The van der Waals surface area contributed by atoms with Crippen LogP contribution >= 0.6 is 11.8 Å². The number of piperidine rings is 1. The number of carbonyl (C=O) groups excluding carboxylic acids is 1. The molecule has 2 aliphatic rings. The number of ether oxygens (including phenoxy) is 2. The quantitative estimate of drug-likeness (QED) is 0.597. The van der Waals surface area contributed by atoms with E-state index in [1.807, 2.05) is 43.6 Å². The van der Waals surface area contributed by atoms with Crippen molar-refractivity contribution >= 4 is 17.9 Å². The molecule has 0 bridgehead atoms. The molecule has 0 radical (unpaired) electrons. The van der Waals surface area contributed by atoms with E-state index in [-0.39, 0.29) is 6.09 Å². The van der Waals surface area contributed by atoms with Gasteiger partial charge in [0.15, 0.2) is 0 Å². The summed E-state index contributed by atoms with van der Waals surface area (Å²) in [7, 11) is 0. The highest BCUT2D eigenvalue weighted by Crippen LogP contribution is 2.48. The summed E-state index contributed by atoms with van der Waals surface area (Å²) in [6, 6.07) is 4.19. The predicted octanol–water partition coefficient (Wildman–Crippen LogP) is 4.99. The largest absolute Gasteiger partial charge is 0.444 e. The van der Waals surface area contributed by atoms with E-state index in [4.69, 9.17) is 9.47 Å². The molecule has 2 unspecified atom stereocenters. The van der Waals surface area contributed by atoms with E-state index in [1.54, 1.807) is 0 Å². The van der Waals surface area contributed by atoms with Crippen LogP contribution in [-0.4, -0.2) is 47.0 Å². The fraction of sp³-hybridized carbons (Fsp3) is 0.727. The molecule has 0 spiro atoms. The third-order valence-corrected chi connectivity index (χ3v) is 6.33. The van der Waals surface area contributed by atoms with E-state index in [0.29, 0.717) is 12.5 Å². The van der Waals surface area contributed by atoms with Gasteiger partial charge in [-0.15, -0.1) is 11.8 Å². The van der Waals surface area contributed by atoms with Gasteiger partial charge in [-0.3, -0.25) is 4.98 Å². The zero-order valence-electron chi connectivity index (χ0n) is 17.6. The summed E-state index contributed by atoms with van der Waals surface area (Å²) >= 11 is 1.81. The first kappa shape index (κ1) is 21.4. The van der Waals surface area contributed by atoms with Crippen molar-refractivity contribution in [3.05, 3.63) is 24.0 Å². The molecule has 1 aliphatic heterocycles. The van der Waals surface area contributed by atoms with Crippen molar-refractivity contribution in [1.82, 2.24) is 9.88 Å². The Morgan fingerprint density at radius 3 is 2.64 bits per heavy atom. The van der Waals surface area contributed by atoms with Crippen molar-refractivity contribution in [3.63, 3.8) is 0 Å². The van der Waals surface area contributed by atoms with Gasteiger partial charge in [0.1, 0.15) is 5.60 Å². The van der Waals surface area contributed by atoms with Gasteiger partial charge in [0.05, 0.1) is 18.9 Å². The van der Waals surface area contributed by atoms with Crippen LogP contribution in [0, 0.1) is 17.8 Å². The van der Waals surface area contributed by atoms with Gasteiger partial charge in [0.25, 0.3) is 0 Å². The Balaban J connectivity index is 1.32. The Bertz CT molecular complexity index is 636. The van der Waals surface area contributed by atoms with Gasteiger partial charge in [0.2, 0.25) is 0 Å². The van der Waals surface area contributed by atoms with Gasteiger partial charge in [-0.25, -0.2) is 4.79 Å². The first-order valence-electron chi connectivity index (χ1n) is 10.5. The van der Waals surface area contributed by atoms with Crippen molar-refractivity contribution in [3.8, 4) is 0 Å². The van der Waals surface area contributed by atoms with Gasteiger partial charge in [-0.05, 0) is 75.7 Å². The van der Waals surface area contributed by atoms with Crippen LogP contribution in [0.1, 0.15) is 52.7 Å². The van der Waals surface area contributed by atoms with Gasteiger partial charge < -0.3 is 14.4 Å². The fourth-order valence-electron chi connectivity index (χ4n) is 3.94. The maximum Gasteiger partial charge on any atom is 0.410 e. The number of pyridine rings is 1. The minimum atomic E-state index is -0.420. The van der Waals surface area contributed by atoms with Crippen LogP contribution in [0.4, 0.5) is 4.79 Å². The number of rotatable bonds is 7. The molecule has 1 saturated carbocycles. The molecule has 1 amide bonds. The van der Waals surface area contributed by atoms with Crippen molar-refractivity contribution in [2.24, 2.45) is 17.8 Å². The number of hydrogen-bond acceptors (Lipinski definition) is 5. The molecule has 6 heteroatoms. The number of thioether (sulfide) groups is 1. The number of aromatic nitrogens is 1. The highest BCUT2D eigenvalue weighted by molar-refractivity contribution is 7.99. The lowest BCUT2D eigenvalue weighted by atomic mass is 9.91. The van der Waals surface area contributed by atoms with Crippen molar-refractivity contribution in [2.75, 3.05) is 25.4 Å². The molecular weight excluding hydrogens is 372 g/mol. The fourth-order valence-corrected chi connectivity index (χ4v) is 4.56. The average Bonchev–Trinajstić information content (AvgIpc) is 3.42. The Labute approximate surface area is 173 Å². The summed E-state index contributed by atoms with van der Waals surface area (Å²) in [5.74, 6) is 3.22. The molecule has 3 rings (SSSR count). The molecule has 0 aromatic carbocycles. The second-order valence-electron chi connectivity index (χ2n) is 8.90. The number of nitrogens with zero attached hydrogens (tertiary/aromatic N) is 2. The highest BCUT2D eigenvalue weighted by Gasteiger charge is 2.44. The molecule has 28 heavy (non-hydrogen) atoms. The smallest absolute Gasteiger partial charge is 0.410 e. The second-order valence-corrected chi connectivity index (χ2v) is 10.2. The van der Waals surface area contributed by atoms with Gasteiger partial charge in [0, 0.05) is 24.2 Å². The predicted molar refractivity (Wildman–Crippen MR) is 112 cm³/mol. The SMILES string of the molecule is CCSc1ccc(COCC2CC2C2CCN(C(=O)OC(C)(C)C)CC2)nc1. The van der Waals surface area contributed by atoms with Gasteiger partial charge >= 0.3 is 6.09 Å². The van der Waals surface area contributed by atoms with E-state index >= 15 is 0 Å². The van der Waals surface area contributed by atoms with Crippen LogP contribution in [0.25, 0.3) is 0 Å². The first-order chi connectivity index (χ1) is 13.4. The normalized spacial score (nSPS) is 22.9. The highest BCUT2D eigenvalue weighted by atomic mass is 32.2. The summed E-state index contributed by atoms with van der Waals surface area (Å²) < 4.78 is 11.4.